The first kappa shape index (κ1) is 16.2. The Bertz CT molecular complexity index is 841. The molecule has 0 saturated carbocycles. The molecule has 0 aliphatic rings. The lowest BCUT2D eigenvalue weighted by atomic mass is 10.1. The van der Waals surface area contributed by atoms with Crippen molar-refractivity contribution in [3.8, 4) is 17.0 Å². The average Bonchev–Trinajstić information content (AvgIpc) is 3.00. The smallest absolute Gasteiger partial charge is 0.262 e. The van der Waals surface area contributed by atoms with Gasteiger partial charge in [0.25, 0.3) is 5.91 Å². The van der Waals surface area contributed by atoms with Crippen molar-refractivity contribution in [3.05, 3.63) is 64.5 Å². The Balaban J connectivity index is 1.56. The number of aryl methyl sites for hydroxylation is 2. The third-order valence-corrected chi connectivity index (χ3v) is 4.22. The van der Waals surface area contributed by atoms with Gasteiger partial charge in [-0.05, 0) is 43.7 Å². The SMILES string of the molecule is Cc1cccc(OCC(=O)Nc2ccc(-c3csc(C)n3)cc2)c1. The molecule has 0 bridgehead atoms. The number of aromatic nitrogens is 1. The topological polar surface area (TPSA) is 51.2 Å². The number of hydrogen-bond acceptors (Lipinski definition) is 4. The van der Waals surface area contributed by atoms with E-state index >= 15 is 0 Å². The highest BCUT2D eigenvalue weighted by atomic mass is 32.1. The lowest BCUT2D eigenvalue weighted by Gasteiger charge is -2.08. The zero-order valence-corrected chi connectivity index (χ0v) is 14.4. The van der Waals surface area contributed by atoms with Crippen molar-refractivity contribution in [1.29, 1.82) is 0 Å². The summed E-state index contributed by atoms with van der Waals surface area (Å²) in [4.78, 5) is 16.4. The first-order chi connectivity index (χ1) is 11.6. The zero-order valence-electron chi connectivity index (χ0n) is 13.6. The van der Waals surface area contributed by atoms with Crippen LogP contribution in [0.1, 0.15) is 10.6 Å². The monoisotopic (exact) mass is 338 g/mol. The molecule has 0 aliphatic carbocycles. The van der Waals surface area contributed by atoms with Crippen molar-refractivity contribution in [2.75, 3.05) is 11.9 Å². The van der Waals surface area contributed by atoms with Crippen LogP contribution >= 0.6 is 11.3 Å². The molecule has 2 aromatic carbocycles. The summed E-state index contributed by atoms with van der Waals surface area (Å²) in [6, 6.07) is 15.3. The van der Waals surface area contributed by atoms with Gasteiger partial charge in [-0.2, -0.15) is 0 Å². The van der Waals surface area contributed by atoms with Gasteiger partial charge >= 0.3 is 0 Å². The van der Waals surface area contributed by atoms with Crippen LogP contribution in [-0.4, -0.2) is 17.5 Å². The molecule has 1 amide bonds. The number of nitrogens with zero attached hydrogens (tertiary/aromatic N) is 1. The third kappa shape index (κ3) is 4.20. The maximum Gasteiger partial charge on any atom is 0.262 e. The Hall–Kier alpha value is -2.66. The second-order valence-corrected chi connectivity index (χ2v) is 6.54. The number of rotatable bonds is 5. The van der Waals surface area contributed by atoms with E-state index in [0.717, 1.165) is 27.5 Å². The van der Waals surface area contributed by atoms with Gasteiger partial charge in [-0.1, -0.05) is 24.3 Å². The number of carbonyl (C=O) groups excluding carboxylic acids is 1. The number of nitrogens with one attached hydrogen (secondary N) is 1. The maximum absolute atomic E-state index is 12.0. The van der Waals surface area contributed by atoms with Gasteiger partial charge in [-0.25, -0.2) is 4.98 Å². The van der Waals surface area contributed by atoms with E-state index in [0.29, 0.717) is 5.75 Å². The summed E-state index contributed by atoms with van der Waals surface area (Å²) in [6.45, 7) is 3.95. The van der Waals surface area contributed by atoms with Gasteiger partial charge in [0.05, 0.1) is 10.7 Å². The molecule has 0 aliphatic heterocycles. The van der Waals surface area contributed by atoms with Crippen LogP contribution in [0, 0.1) is 13.8 Å². The average molecular weight is 338 g/mol. The number of carbonyl (C=O) groups is 1. The zero-order chi connectivity index (χ0) is 16.9. The molecule has 1 N–H and O–H groups in total. The van der Waals surface area contributed by atoms with Crippen LogP contribution in [0.15, 0.2) is 53.9 Å². The molecular formula is C19H18N2O2S. The molecule has 0 saturated heterocycles. The van der Waals surface area contributed by atoms with Gasteiger partial charge < -0.3 is 10.1 Å². The predicted molar refractivity (Wildman–Crippen MR) is 97.6 cm³/mol. The summed E-state index contributed by atoms with van der Waals surface area (Å²) in [6.07, 6.45) is 0. The molecule has 0 spiro atoms. The predicted octanol–water partition coefficient (Wildman–Crippen LogP) is 4.44. The Morgan fingerprint density at radius 1 is 1.17 bits per heavy atom. The van der Waals surface area contributed by atoms with Crippen LogP contribution in [0.3, 0.4) is 0 Å². The molecule has 3 aromatic rings. The number of amides is 1. The fraction of sp³-hybridized carbons (Fsp3) is 0.158. The van der Waals surface area contributed by atoms with E-state index in [-0.39, 0.29) is 12.5 Å². The second-order valence-electron chi connectivity index (χ2n) is 5.48. The highest BCUT2D eigenvalue weighted by Crippen LogP contribution is 2.23. The lowest BCUT2D eigenvalue weighted by Crippen LogP contribution is -2.20. The van der Waals surface area contributed by atoms with Crippen molar-refractivity contribution < 1.29 is 9.53 Å². The van der Waals surface area contributed by atoms with Crippen LogP contribution < -0.4 is 10.1 Å². The van der Waals surface area contributed by atoms with Crippen molar-refractivity contribution >= 4 is 22.9 Å². The molecule has 1 heterocycles. The summed E-state index contributed by atoms with van der Waals surface area (Å²) in [5.41, 5.74) is 3.83. The molecule has 4 nitrogen and oxygen atoms in total. The van der Waals surface area contributed by atoms with Crippen LogP contribution in [0.5, 0.6) is 5.75 Å². The van der Waals surface area contributed by atoms with Crippen molar-refractivity contribution in [2.45, 2.75) is 13.8 Å². The molecule has 122 valence electrons. The van der Waals surface area contributed by atoms with E-state index in [2.05, 4.69) is 10.3 Å². The largest absolute Gasteiger partial charge is 0.484 e. The minimum absolute atomic E-state index is 0.0174. The van der Waals surface area contributed by atoms with Gasteiger partial charge in [-0.3, -0.25) is 4.79 Å². The maximum atomic E-state index is 12.0. The lowest BCUT2D eigenvalue weighted by molar-refractivity contribution is -0.118. The molecule has 1 aromatic heterocycles. The molecule has 5 heteroatoms. The standard InChI is InChI=1S/C19H18N2O2S/c1-13-4-3-5-17(10-13)23-11-19(22)21-16-8-6-15(7-9-16)18-12-24-14(2)20-18/h3-10,12H,11H2,1-2H3,(H,21,22). The highest BCUT2D eigenvalue weighted by molar-refractivity contribution is 7.09. The summed E-state index contributed by atoms with van der Waals surface area (Å²) in [5, 5.41) is 5.89. The minimum atomic E-state index is -0.186. The van der Waals surface area contributed by atoms with E-state index in [9.17, 15) is 4.79 Å². The summed E-state index contributed by atoms with van der Waals surface area (Å²) >= 11 is 1.62. The molecule has 0 unspecified atom stereocenters. The normalized spacial score (nSPS) is 10.4. The minimum Gasteiger partial charge on any atom is -0.484 e. The molecule has 0 radical (unpaired) electrons. The Morgan fingerprint density at radius 3 is 2.62 bits per heavy atom. The summed E-state index contributed by atoms with van der Waals surface area (Å²) in [5.74, 6) is 0.508. The van der Waals surface area contributed by atoms with Gasteiger partial charge in [-0.15, -0.1) is 11.3 Å². The van der Waals surface area contributed by atoms with Gasteiger partial charge in [0.2, 0.25) is 0 Å². The fourth-order valence-electron chi connectivity index (χ4n) is 2.27. The number of anilines is 1. The van der Waals surface area contributed by atoms with Crippen LogP contribution in [0.25, 0.3) is 11.3 Å². The molecule has 3 rings (SSSR count). The van der Waals surface area contributed by atoms with E-state index in [1.165, 1.54) is 0 Å². The fourth-order valence-corrected chi connectivity index (χ4v) is 2.89. The summed E-state index contributed by atoms with van der Waals surface area (Å²) in [7, 11) is 0. The summed E-state index contributed by atoms with van der Waals surface area (Å²) < 4.78 is 5.50. The number of hydrogen-bond donors (Lipinski definition) is 1. The number of ether oxygens (including phenoxy) is 1. The Kier molecular flexibility index (Phi) is 4.91. The molecule has 24 heavy (non-hydrogen) atoms. The highest BCUT2D eigenvalue weighted by Gasteiger charge is 2.06. The molecular weight excluding hydrogens is 320 g/mol. The van der Waals surface area contributed by atoms with Crippen molar-refractivity contribution in [2.24, 2.45) is 0 Å². The van der Waals surface area contributed by atoms with Crippen molar-refractivity contribution in [3.63, 3.8) is 0 Å². The van der Waals surface area contributed by atoms with Crippen LogP contribution in [0.2, 0.25) is 0 Å². The van der Waals surface area contributed by atoms with E-state index in [1.807, 2.05) is 67.8 Å². The Labute approximate surface area is 145 Å². The quantitative estimate of drug-likeness (QED) is 0.748. The molecule has 0 atom stereocenters. The third-order valence-electron chi connectivity index (χ3n) is 3.44. The van der Waals surface area contributed by atoms with E-state index < -0.39 is 0 Å². The number of thiazole rings is 1. The van der Waals surface area contributed by atoms with Crippen LogP contribution in [0.4, 0.5) is 5.69 Å². The van der Waals surface area contributed by atoms with Crippen molar-refractivity contribution in [1.82, 2.24) is 4.98 Å². The van der Waals surface area contributed by atoms with Gasteiger partial charge in [0, 0.05) is 16.6 Å². The van der Waals surface area contributed by atoms with Gasteiger partial charge in [0.1, 0.15) is 5.75 Å². The van der Waals surface area contributed by atoms with Gasteiger partial charge in [0.15, 0.2) is 6.61 Å². The van der Waals surface area contributed by atoms with Crippen LogP contribution in [-0.2, 0) is 4.79 Å². The second kappa shape index (κ2) is 7.27. The first-order valence-electron chi connectivity index (χ1n) is 7.62. The van der Waals surface area contributed by atoms with E-state index in [4.69, 9.17) is 4.74 Å². The Morgan fingerprint density at radius 2 is 1.96 bits per heavy atom. The first-order valence-corrected chi connectivity index (χ1v) is 8.50. The van der Waals surface area contributed by atoms with E-state index in [1.54, 1.807) is 11.3 Å². The molecule has 0 fully saturated rings. The number of benzene rings is 2.